The minimum Gasteiger partial charge on any atom is -0.481 e. The highest BCUT2D eigenvalue weighted by Crippen LogP contribution is 2.19. The number of aliphatic carboxylic acids is 1. The van der Waals surface area contributed by atoms with E-state index in [9.17, 15) is 4.79 Å². The number of rotatable bonds is 2. The van der Waals surface area contributed by atoms with Gasteiger partial charge in [-0.3, -0.25) is 9.20 Å². The molecule has 78 valence electrons. The van der Waals surface area contributed by atoms with Crippen LogP contribution in [-0.4, -0.2) is 20.5 Å². The molecule has 5 heteroatoms. The summed E-state index contributed by atoms with van der Waals surface area (Å²) in [5, 5.41) is 9.26. The Morgan fingerprint density at radius 1 is 1.60 bits per heavy atom. The lowest BCUT2D eigenvalue weighted by atomic mass is 10.2. The Bertz CT molecular complexity index is 533. The monoisotopic (exact) mass is 224 g/mol. The molecule has 0 aliphatic carbocycles. The number of nitrogens with zero attached hydrogens (tertiary/aromatic N) is 2. The van der Waals surface area contributed by atoms with E-state index in [1.54, 1.807) is 23.5 Å². The van der Waals surface area contributed by atoms with E-state index in [4.69, 9.17) is 16.7 Å². The van der Waals surface area contributed by atoms with Crippen LogP contribution in [0.15, 0.2) is 18.2 Å². The topological polar surface area (TPSA) is 54.6 Å². The first-order valence-corrected chi connectivity index (χ1v) is 4.81. The van der Waals surface area contributed by atoms with Gasteiger partial charge in [0.05, 0.1) is 17.6 Å². The van der Waals surface area contributed by atoms with E-state index in [-0.39, 0.29) is 6.42 Å². The predicted octanol–water partition coefficient (Wildman–Crippen LogP) is 1.92. The maximum atomic E-state index is 10.6. The van der Waals surface area contributed by atoms with Gasteiger partial charge in [0.15, 0.2) is 0 Å². The second kappa shape index (κ2) is 3.55. The van der Waals surface area contributed by atoms with Gasteiger partial charge in [0, 0.05) is 0 Å². The fourth-order valence-corrected chi connectivity index (χ4v) is 1.90. The van der Waals surface area contributed by atoms with Gasteiger partial charge < -0.3 is 5.11 Å². The molecular formula is C10H9ClN2O2. The van der Waals surface area contributed by atoms with Crippen molar-refractivity contribution in [2.75, 3.05) is 0 Å². The highest BCUT2D eigenvalue weighted by molar-refractivity contribution is 6.29. The number of hydrogen-bond acceptors (Lipinski definition) is 2. The van der Waals surface area contributed by atoms with Crippen molar-refractivity contribution in [1.82, 2.24) is 9.38 Å². The molecule has 0 saturated carbocycles. The van der Waals surface area contributed by atoms with E-state index < -0.39 is 5.97 Å². The SMILES string of the molecule is Cc1nc(CC(=O)O)c2cccc(Cl)n12. The Kier molecular flexibility index (Phi) is 2.36. The summed E-state index contributed by atoms with van der Waals surface area (Å²) in [5.41, 5.74) is 1.30. The van der Waals surface area contributed by atoms with Gasteiger partial charge in [-0.05, 0) is 19.1 Å². The lowest BCUT2D eigenvalue weighted by Crippen LogP contribution is -2.00. The molecule has 0 atom stereocenters. The first-order chi connectivity index (χ1) is 7.09. The number of pyridine rings is 1. The molecule has 4 nitrogen and oxygen atoms in total. The van der Waals surface area contributed by atoms with E-state index in [1.165, 1.54) is 0 Å². The number of aromatic nitrogens is 2. The van der Waals surface area contributed by atoms with Crippen LogP contribution in [0.5, 0.6) is 0 Å². The number of aryl methyl sites for hydroxylation is 1. The smallest absolute Gasteiger partial charge is 0.309 e. The first kappa shape index (κ1) is 9.98. The van der Waals surface area contributed by atoms with E-state index in [1.807, 2.05) is 6.07 Å². The van der Waals surface area contributed by atoms with Crippen LogP contribution in [0.1, 0.15) is 11.5 Å². The van der Waals surface area contributed by atoms with Gasteiger partial charge in [-0.15, -0.1) is 0 Å². The maximum absolute atomic E-state index is 10.6. The largest absolute Gasteiger partial charge is 0.481 e. The van der Waals surface area contributed by atoms with Crippen molar-refractivity contribution in [3.8, 4) is 0 Å². The van der Waals surface area contributed by atoms with Crippen molar-refractivity contribution in [2.45, 2.75) is 13.3 Å². The Hall–Kier alpha value is -1.55. The van der Waals surface area contributed by atoms with E-state index in [0.717, 1.165) is 5.52 Å². The molecule has 0 aliphatic rings. The third kappa shape index (κ3) is 1.68. The molecule has 2 aromatic rings. The van der Waals surface area contributed by atoms with Crippen LogP contribution in [0, 0.1) is 6.92 Å². The number of hydrogen-bond donors (Lipinski definition) is 1. The molecule has 0 aromatic carbocycles. The normalized spacial score (nSPS) is 10.8. The van der Waals surface area contributed by atoms with Gasteiger partial charge in [0.1, 0.15) is 11.0 Å². The zero-order valence-corrected chi connectivity index (χ0v) is 8.82. The third-order valence-corrected chi connectivity index (χ3v) is 2.47. The molecule has 0 fully saturated rings. The van der Waals surface area contributed by atoms with Gasteiger partial charge in [-0.2, -0.15) is 0 Å². The molecule has 0 spiro atoms. The lowest BCUT2D eigenvalue weighted by molar-refractivity contribution is -0.136. The zero-order valence-electron chi connectivity index (χ0n) is 8.07. The van der Waals surface area contributed by atoms with Crippen LogP contribution in [0.4, 0.5) is 0 Å². The fourth-order valence-electron chi connectivity index (χ4n) is 1.61. The number of imidazole rings is 1. The molecule has 0 amide bonds. The molecule has 0 unspecified atom stereocenters. The second-order valence-electron chi connectivity index (χ2n) is 3.25. The van der Waals surface area contributed by atoms with Crippen LogP contribution in [0.3, 0.4) is 0 Å². The first-order valence-electron chi connectivity index (χ1n) is 4.44. The van der Waals surface area contributed by atoms with Gasteiger partial charge in [-0.1, -0.05) is 17.7 Å². The summed E-state index contributed by atoms with van der Waals surface area (Å²) < 4.78 is 1.74. The van der Waals surface area contributed by atoms with Gasteiger partial charge in [0.2, 0.25) is 0 Å². The molecule has 0 aliphatic heterocycles. The Morgan fingerprint density at radius 2 is 2.33 bits per heavy atom. The zero-order chi connectivity index (χ0) is 11.0. The number of carboxylic acid groups (broad SMARTS) is 1. The number of carboxylic acids is 1. The summed E-state index contributed by atoms with van der Waals surface area (Å²) in [6.45, 7) is 1.80. The number of carbonyl (C=O) groups is 1. The lowest BCUT2D eigenvalue weighted by Gasteiger charge is -1.99. The highest BCUT2D eigenvalue weighted by atomic mass is 35.5. The van der Waals surface area contributed by atoms with Crippen molar-refractivity contribution in [3.63, 3.8) is 0 Å². The van der Waals surface area contributed by atoms with E-state index in [0.29, 0.717) is 16.7 Å². The molecule has 1 N–H and O–H groups in total. The molecule has 2 aromatic heterocycles. The Morgan fingerprint density at radius 3 is 3.00 bits per heavy atom. The fraction of sp³-hybridized carbons (Fsp3) is 0.200. The molecule has 2 rings (SSSR count). The third-order valence-electron chi connectivity index (χ3n) is 2.18. The van der Waals surface area contributed by atoms with Crippen molar-refractivity contribution in [1.29, 1.82) is 0 Å². The number of halogens is 1. The van der Waals surface area contributed by atoms with Crippen LogP contribution in [-0.2, 0) is 11.2 Å². The molecule has 0 saturated heterocycles. The molecular weight excluding hydrogens is 216 g/mol. The van der Waals surface area contributed by atoms with Crippen LogP contribution >= 0.6 is 11.6 Å². The van der Waals surface area contributed by atoms with E-state index >= 15 is 0 Å². The maximum Gasteiger partial charge on any atom is 0.309 e. The molecule has 0 bridgehead atoms. The minimum absolute atomic E-state index is 0.0856. The Balaban J connectivity index is 2.68. The van der Waals surface area contributed by atoms with Crippen LogP contribution < -0.4 is 0 Å². The average Bonchev–Trinajstić information content (AvgIpc) is 2.44. The summed E-state index contributed by atoms with van der Waals surface area (Å²) in [6, 6.07) is 5.34. The van der Waals surface area contributed by atoms with Gasteiger partial charge in [0.25, 0.3) is 0 Å². The Labute approximate surface area is 91.1 Å². The van der Waals surface area contributed by atoms with Gasteiger partial charge >= 0.3 is 5.97 Å². The molecule has 15 heavy (non-hydrogen) atoms. The summed E-state index contributed by atoms with van der Waals surface area (Å²) >= 11 is 5.99. The van der Waals surface area contributed by atoms with Crippen molar-refractivity contribution >= 4 is 23.1 Å². The van der Waals surface area contributed by atoms with Gasteiger partial charge in [-0.25, -0.2) is 4.98 Å². The van der Waals surface area contributed by atoms with Crippen molar-refractivity contribution in [2.24, 2.45) is 0 Å². The summed E-state index contributed by atoms with van der Waals surface area (Å²) in [5.74, 6) is -0.193. The number of fused-ring (bicyclic) bond motifs is 1. The highest BCUT2D eigenvalue weighted by Gasteiger charge is 2.12. The van der Waals surface area contributed by atoms with E-state index in [2.05, 4.69) is 4.98 Å². The average molecular weight is 225 g/mol. The summed E-state index contributed by atoms with van der Waals surface area (Å²) in [7, 11) is 0. The standard InChI is InChI=1S/C10H9ClN2O2/c1-6-12-7(5-10(14)15)8-3-2-4-9(11)13(6)8/h2-4H,5H2,1H3,(H,14,15). The minimum atomic E-state index is -0.894. The van der Waals surface area contributed by atoms with Crippen molar-refractivity contribution in [3.05, 3.63) is 34.9 Å². The second-order valence-corrected chi connectivity index (χ2v) is 3.63. The summed E-state index contributed by atoms with van der Waals surface area (Å²) in [6.07, 6.45) is -0.0856. The molecule has 2 heterocycles. The van der Waals surface area contributed by atoms with Crippen LogP contribution in [0.25, 0.3) is 5.52 Å². The summed E-state index contributed by atoms with van der Waals surface area (Å²) in [4.78, 5) is 14.8. The van der Waals surface area contributed by atoms with Crippen LogP contribution in [0.2, 0.25) is 5.15 Å². The molecule has 0 radical (unpaired) electrons. The quantitative estimate of drug-likeness (QED) is 0.793. The predicted molar refractivity (Wildman–Crippen MR) is 56.3 cm³/mol. The van der Waals surface area contributed by atoms with Crippen molar-refractivity contribution < 1.29 is 9.90 Å².